The van der Waals surface area contributed by atoms with Crippen LogP contribution in [0.5, 0.6) is 5.75 Å². The van der Waals surface area contributed by atoms with Gasteiger partial charge in [0, 0.05) is 0 Å². The van der Waals surface area contributed by atoms with Crippen molar-refractivity contribution in [3.8, 4) is 5.75 Å². The highest BCUT2D eigenvalue weighted by atomic mass is 16.7. The molecule has 2 heteroatoms. The zero-order chi connectivity index (χ0) is 21.3. The summed E-state index contributed by atoms with van der Waals surface area (Å²) in [6.45, 7) is 22.1. The molecular formula is C26H40O2. The molecule has 2 aromatic rings. The number of rotatable bonds is 5. The van der Waals surface area contributed by atoms with Gasteiger partial charge in [0.2, 0.25) is 0 Å². The van der Waals surface area contributed by atoms with Crippen molar-refractivity contribution in [2.75, 3.05) is 0 Å². The molecule has 0 aliphatic rings. The van der Waals surface area contributed by atoms with Gasteiger partial charge in [-0.05, 0) is 79.3 Å². The Bertz CT molecular complexity index is 785. The summed E-state index contributed by atoms with van der Waals surface area (Å²) in [4.78, 5) is 0. The summed E-state index contributed by atoms with van der Waals surface area (Å²) in [5.41, 5.74) is 1.73. The van der Waals surface area contributed by atoms with Crippen LogP contribution in [0.2, 0.25) is 0 Å². The van der Waals surface area contributed by atoms with E-state index in [4.69, 9.17) is 9.47 Å². The van der Waals surface area contributed by atoms with Gasteiger partial charge in [-0.1, -0.05) is 65.8 Å². The van der Waals surface area contributed by atoms with E-state index >= 15 is 0 Å². The van der Waals surface area contributed by atoms with Crippen LogP contribution in [0.25, 0.3) is 10.8 Å². The van der Waals surface area contributed by atoms with Crippen molar-refractivity contribution < 1.29 is 9.47 Å². The lowest BCUT2D eigenvalue weighted by Gasteiger charge is -2.36. The highest BCUT2D eigenvalue weighted by Crippen LogP contribution is 2.43. The molecule has 28 heavy (non-hydrogen) atoms. The van der Waals surface area contributed by atoms with Crippen molar-refractivity contribution in [1.29, 1.82) is 0 Å². The van der Waals surface area contributed by atoms with Crippen LogP contribution in [0.4, 0.5) is 0 Å². The van der Waals surface area contributed by atoms with Crippen molar-refractivity contribution in [3.63, 3.8) is 0 Å². The van der Waals surface area contributed by atoms with Gasteiger partial charge in [0.25, 0.3) is 0 Å². The number of hydrogen-bond acceptors (Lipinski definition) is 2. The van der Waals surface area contributed by atoms with Crippen LogP contribution < -0.4 is 4.74 Å². The van der Waals surface area contributed by atoms with Crippen molar-refractivity contribution in [3.05, 3.63) is 42.0 Å². The summed E-state index contributed by atoms with van der Waals surface area (Å²) >= 11 is 0. The van der Waals surface area contributed by atoms with Crippen LogP contribution in [-0.4, -0.2) is 11.9 Å². The van der Waals surface area contributed by atoms with E-state index < -0.39 is 0 Å². The second kappa shape index (κ2) is 8.06. The highest BCUT2D eigenvalue weighted by molar-refractivity contribution is 5.84. The van der Waals surface area contributed by atoms with E-state index in [2.05, 4.69) is 71.9 Å². The Morgan fingerprint density at radius 1 is 0.786 bits per heavy atom. The zero-order valence-electron chi connectivity index (χ0n) is 19.6. The van der Waals surface area contributed by atoms with Crippen LogP contribution in [-0.2, 0) is 4.74 Å². The van der Waals surface area contributed by atoms with Crippen molar-refractivity contribution in [2.45, 2.75) is 93.5 Å². The monoisotopic (exact) mass is 384 g/mol. The van der Waals surface area contributed by atoms with Crippen LogP contribution in [0, 0.1) is 10.8 Å². The molecule has 0 saturated carbocycles. The van der Waals surface area contributed by atoms with Crippen LogP contribution >= 0.6 is 0 Å². The molecule has 2 unspecified atom stereocenters. The fourth-order valence-electron chi connectivity index (χ4n) is 3.78. The van der Waals surface area contributed by atoms with E-state index in [1.807, 2.05) is 33.8 Å². The molecule has 2 rings (SSSR count). The van der Waals surface area contributed by atoms with Gasteiger partial charge >= 0.3 is 0 Å². The molecule has 0 fully saturated rings. The summed E-state index contributed by atoms with van der Waals surface area (Å²) in [5, 5.41) is 2.46. The Balaban J connectivity index is 2.28. The average Bonchev–Trinajstić information content (AvgIpc) is 2.48. The lowest BCUT2D eigenvalue weighted by Crippen LogP contribution is -2.29. The molecule has 0 amide bonds. The zero-order valence-corrected chi connectivity index (χ0v) is 19.6. The molecule has 2 nitrogen and oxygen atoms in total. The first kappa shape index (κ1) is 22.7. The van der Waals surface area contributed by atoms with Crippen LogP contribution in [0.15, 0.2) is 36.4 Å². The molecule has 0 aliphatic carbocycles. The van der Waals surface area contributed by atoms with Gasteiger partial charge in [-0.2, -0.15) is 0 Å². The van der Waals surface area contributed by atoms with Crippen molar-refractivity contribution >= 4 is 10.8 Å². The summed E-state index contributed by atoms with van der Waals surface area (Å²) in [6.07, 6.45) is 0.888. The first-order valence-corrected chi connectivity index (χ1v) is 10.5. The molecule has 0 heterocycles. The van der Waals surface area contributed by atoms with Gasteiger partial charge in [-0.15, -0.1) is 0 Å². The Morgan fingerprint density at radius 3 is 1.89 bits per heavy atom. The third-order valence-corrected chi connectivity index (χ3v) is 4.92. The number of fused-ring (bicyclic) bond motifs is 1. The highest BCUT2D eigenvalue weighted by Gasteiger charge is 2.30. The Hall–Kier alpha value is -1.54. The molecule has 0 saturated heterocycles. The fraction of sp³-hybridized carbons (Fsp3) is 0.615. The smallest absolute Gasteiger partial charge is 0.197 e. The third kappa shape index (κ3) is 6.81. The average molecular weight is 385 g/mol. The molecule has 0 radical (unpaired) electrons. The lowest BCUT2D eigenvalue weighted by atomic mass is 9.69. The van der Waals surface area contributed by atoms with Crippen molar-refractivity contribution in [1.82, 2.24) is 0 Å². The minimum atomic E-state index is -0.284. The predicted molar refractivity (Wildman–Crippen MR) is 121 cm³/mol. The minimum absolute atomic E-state index is 0.222. The number of hydrogen-bond donors (Lipinski definition) is 0. The molecule has 2 atom stereocenters. The Labute approximate surface area is 172 Å². The quantitative estimate of drug-likeness (QED) is 0.487. The minimum Gasteiger partial charge on any atom is -0.465 e. The van der Waals surface area contributed by atoms with Gasteiger partial charge < -0.3 is 9.47 Å². The van der Waals surface area contributed by atoms with E-state index in [0.29, 0.717) is 11.3 Å². The lowest BCUT2D eigenvalue weighted by molar-refractivity contribution is -0.140. The molecule has 2 aromatic carbocycles. The molecule has 0 spiro atoms. The topological polar surface area (TPSA) is 18.5 Å². The largest absolute Gasteiger partial charge is 0.465 e. The molecule has 0 aliphatic heterocycles. The van der Waals surface area contributed by atoms with Crippen LogP contribution in [0.1, 0.15) is 87.1 Å². The van der Waals surface area contributed by atoms with E-state index in [1.54, 1.807) is 0 Å². The maximum atomic E-state index is 5.97. The SMILES string of the molecule is CC(Oc1ccc2cc(C(CC(C)(C)C)C(C)(C)C)ccc2c1)OC(C)(C)C. The second-order valence-electron chi connectivity index (χ2n) is 11.4. The summed E-state index contributed by atoms with van der Waals surface area (Å²) in [7, 11) is 0. The fourth-order valence-corrected chi connectivity index (χ4v) is 3.78. The van der Waals surface area contributed by atoms with Gasteiger partial charge in [-0.3, -0.25) is 0 Å². The van der Waals surface area contributed by atoms with E-state index in [9.17, 15) is 0 Å². The summed E-state index contributed by atoms with van der Waals surface area (Å²) in [6, 6.07) is 13.2. The van der Waals surface area contributed by atoms with Crippen molar-refractivity contribution in [2.24, 2.45) is 10.8 Å². The van der Waals surface area contributed by atoms with Gasteiger partial charge in [0.15, 0.2) is 6.29 Å². The normalized spacial score (nSPS) is 15.5. The van der Waals surface area contributed by atoms with Gasteiger partial charge in [-0.25, -0.2) is 0 Å². The molecule has 0 aromatic heterocycles. The molecule has 0 N–H and O–H groups in total. The summed E-state index contributed by atoms with van der Waals surface area (Å²) < 4.78 is 11.8. The summed E-state index contributed by atoms with van der Waals surface area (Å²) in [5.74, 6) is 1.37. The van der Waals surface area contributed by atoms with E-state index in [1.165, 1.54) is 22.8 Å². The standard InChI is InChI=1S/C26H40O2/c1-18(28-26(8,9)10)27-22-14-13-19-15-21(12-11-20(19)16-22)23(25(5,6)7)17-24(2,3)4/h11-16,18,23H,17H2,1-10H3. The van der Waals surface area contributed by atoms with Crippen LogP contribution in [0.3, 0.4) is 0 Å². The van der Waals surface area contributed by atoms with E-state index in [-0.39, 0.29) is 17.3 Å². The molecule has 156 valence electrons. The maximum absolute atomic E-state index is 5.97. The van der Waals surface area contributed by atoms with Gasteiger partial charge in [0.1, 0.15) is 5.75 Å². The first-order valence-electron chi connectivity index (χ1n) is 10.5. The number of ether oxygens (including phenoxy) is 2. The Kier molecular flexibility index (Phi) is 6.55. The molecular weight excluding hydrogens is 344 g/mol. The second-order valence-corrected chi connectivity index (χ2v) is 11.4. The third-order valence-electron chi connectivity index (χ3n) is 4.92. The Morgan fingerprint density at radius 2 is 1.36 bits per heavy atom. The number of benzene rings is 2. The maximum Gasteiger partial charge on any atom is 0.197 e. The van der Waals surface area contributed by atoms with Gasteiger partial charge in [0.05, 0.1) is 5.60 Å². The predicted octanol–water partition coefficient (Wildman–Crippen LogP) is 7.95. The first-order chi connectivity index (χ1) is 12.6. The van der Waals surface area contributed by atoms with E-state index in [0.717, 1.165) is 5.75 Å². The molecule has 0 bridgehead atoms.